The van der Waals surface area contributed by atoms with Gasteiger partial charge in [0.2, 0.25) is 0 Å². The van der Waals surface area contributed by atoms with E-state index in [0.29, 0.717) is 5.75 Å². The van der Waals surface area contributed by atoms with E-state index in [2.05, 4.69) is 141 Å². The normalized spacial score (nSPS) is 10.3. The predicted octanol–water partition coefficient (Wildman–Crippen LogP) is 8.65. The number of benzene rings is 4. The van der Waals surface area contributed by atoms with E-state index in [4.69, 9.17) is 11.2 Å². The Morgan fingerprint density at radius 1 is 0.674 bits per heavy atom. The highest BCUT2D eigenvalue weighted by molar-refractivity contribution is 7.00. The highest BCUT2D eigenvalue weighted by Gasteiger charge is 2.13. The molecule has 1 heterocycles. The van der Waals surface area contributed by atoms with E-state index < -0.39 is 0 Å². The Labute approximate surface area is 256 Å². The molecule has 5 rings (SSSR count). The van der Waals surface area contributed by atoms with Crippen molar-refractivity contribution < 1.29 is 4.74 Å². The minimum atomic E-state index is 0.611. The lowest BCUT2D eigenvalue weighted by Gasteiger charge is -2.25. The largest absolute Gasteiger partial charge is 0.407 e. The third-order valence-electron chi connectivity index (χ3n) is 6.36. The van der Waals surface area contributed by atoms with E-state index in [9.17, 15) is 0 Å². The Balaban J connectivity index is 1.38. The van der Waals surface area contributed by atoms with Gasteiger partial charge >= 0.3 is 0 Å². The predicted molar refractivity (Wildman–Crippen MR) is 180 cm³/mol. The van der Waals surface area contributed by atoms with Crippen molar-refractivity contribution >= 4 is 58.1 Å². The number of terminal acetylenes is 1. The van der Waals surface area contributed by atoms with Crippen LogP contribution in [0.3, 0.4) is 0 Å². The van der Waals surface area contributed by atoms with E-state index in [1.807, 2.05) is 37.3 Å². The van der Waals surface area contributed by atoms with Gasteiger partial charge in [0.1, 0.15) is 22.9 Å². The fraction of sp³-hybridized carbons (Fsp3) is 0.0526. The summed E-state index contributed by atoms with van der Waals surface area (Å²) < 4.78 is 14.5. The smallest absolute Gasteiger partial charge is 0.140 e. The second kappa shape index (κ2) is 14.1. The van der Waals surface area contributed by atoms with Gasteiger partial charge in [-0.15, -0.1) is 6.42 Å². The molecule has 0 atom stereocenters. The van der Waals surface area contributed by atoms with Gasteiger partial charge in [-0.05, 0) is 85.7 Å². The quantitative estimate of drug-likeness (QED) is 0.145. The molecular weight excluding hydrogens is 547 g/mol. The first-order chi connectivity index (χ1) is 21.2. The number of rotatable bonds is 7. The fourth-order valence-corrected chi connectivity index (χ4v) is 4.91. The molecule has 5 aromatic rings. The maximum absolute atomic E-state index is 5.50. The topological polar surface area (TPSA) is 38.2 Å². The molecule has 0 aliphatic heterocycles. The van der Waals surface area contributed by atoms with Crippen LogP contribution in [-0.2, 0) is 0 Å². The highest BCUT2D eigenvalue weighted by Crippen LogP contribution is 2.35. The summed E-state index contributed by atoms with van der Waals surface area (Å²) >= 11 is 1.24. The molecule has 0 aliphatic carbocycles. The summed E-state index contributed by atoms with van der Waals surface area (Å²) in [6.07, 6.45) is 15.9. The maximum atomic E-state index is 5.50. The van der Waals surface area contributed by atoms with Gasteiger partial charge in [0.15, 0.2) is 0 Å². The third-order valence-corrected chi connectivity index (χ3v) is 6.89. The summed E-state index contributed by atoms with van der Waals surface area (Å²) in [5.41, 5.74) is 9.30. The molecule has 4 aromatic carbocycles. The molecule has 0 spiro atoms. The first-order valence-corrected chi connectivity index (χ1v) is 14.1. The Morgan fingerprint density at radius 2 is 1.23 bits per heavy atom. The van der Waals surface area contributed by atoms with Crippen molar-refractivity contribution in [2.24, 2.45) is 0 Å². The second-order valence-corrected chi connectivity index (χ2v) is 9.80. The summed E-state index contributed by atoms with van der Waals surface area (Å²) in [7, 11) is 0. The molecule has 0 N–H and O–H groups in total. The van der Waals surface area contributed by atoms with Crippen molar-refractivity contribution in [1.82, 2.24) is 8.75 Å². The Hall–Kier alpha value is -5.98. The average molecular weight is 572 g/mol. The first kappa shape index (κ1) is 28.5. The van der Waals surface area contributed by atoms with Crippen molar-refractivity contribution in [3.05, 3.63) is 113 Å². The van der Waals surface area contributed by atoms with Gasteiger partial charge < -0.3 is 9.64 Å². The zero-order valence-corrected chi connectivity index (χ0v) is 24.4. The zero-order valence-electron chi connectivity index (χ0n) is 23.6. The SMILES string of the molecule is C#CC#CC#CC#COc1ccc(N(c2ccc(C)cc2)c2ccc(C=Cc3ccc(C=CC)c4nsnc34)cc2)cc1. The number of hydrogen-bond donors (Lipinski definition) is 0. The molecule has 0 amide bonds. The van der Waals surface area contributed by atoms with Gasteiger partial charge in [-0.3, -0.25) is 0 Å². The van der Waals surface area contributed by atoms with Crippen LogP contribution in [-0.4, -0.2) is 8.75 Å². The van der Waals surface area contributed by atoms with Crippen LogP contribution in [0.25, 0.3) is 29.3 Å². The third kappa shape index (κ3) is 7.21. The van der Waals surface area contributed by atoms with Crippen LogP contribution < -0.4 is 9.64 Å². The van der Waals surface area contributed by atoms with Gasteiger partial charge in [0.25, 0.3) is 0 Å². The highest BCUT2D eigenvalue weighted by atomic mass is 32.1. The van der Waals surface area contributed by atoms with Crippen LogP contribution in [0.15, 0.2) is 91.0 Å². The number of aryl methyl sites for hydroxylation is 1. The number of allylic oxidation sites excluding steroid dienone is 1. The average Bonchev–Trinajstić information content (AvgIpc) is 3.54. The number of ether oxygens (including phenoxy) is 1. The van der Waals surface area contributed by atoms with Gasteiger partial charge in [-0.1, -0.05) is 66.3 Å². The lowest BCUT2D eigenvalue weighted by Crippen LogP contribution is -2.09. The van der Waals surface area contributed by atoms with Crippen LogP contribution in [0.1, 0.15) is 29.2 Å². The van der Waals surface area contributed by atoms with Crippen molar-refractivity contribution in [3.63, 3.8) is 0 Å². The van der Waals surface area contributed by atoms with Crippen LogP contribution in [0, 0.1) is 55.0 Å². The summed E-state index contributed by atoms with van der Waals surface area (Å²) in [6, 6.07) is 28.8. The lowest BCUT2D eigenvalue weighted by atomic mass is 10.1. The van der Waals surface area contributed by atoms with E-state index in [1.165, 1.54) is 17.3 Å². The Kier molecular flexibility index (Phi) is 9.34. The molecule has 0 aliphatic rings. The molecule has 0 saturated carbocycles. The van der Waals surface area contributed by atoms with Crippen molar-refractivity contribution in [3.8, 4) is 53.8 Å². The summed E-state index contributed by atoms with van der Waals surface area (Å²) in [5, 5.41) is 0. The number of anilines is 3. The van der Waals surface area contributed by atoms with Crippen molar-refractivity contribution in [1.29, 1.82) is 0 Å². The van der Waals surface area contributed by atoms with Gasteiger partial charge in [-0.25, -0.2) is 0 Å². The Morgan fingerprint density at radius 3 is 1.86 bits per heavy atom. The molecule has 0 bridgehead atoms. The summed E-state index contributed by atoms with van der Waals surface area (Å²) in [4.78, 5) is 2.20. The molecule has 5 heteroatoms. The summed E-state index contributed by atoms with van der Waals surface area (Å²) in [6.45, 7) is 4.08. The van der Waals surface area contributed by atoms with E-state index in [-0.39, 0.29) is 0 Å². The van der Waals surface area contributed by atoms with Crippen LogP contribution >= 0.6 is 11.7 Å². The standard InChI is InChI=1S/C38H25N3OS/c1-4-6-7-8-9-10-28-42-36-26-24-35(25-27-36)41(33-20-12-29(3)13-21-33)34-22-15-30(16-23-34)14-17-32-19-18-31(11-5-2)37-38(32)40-43-39-37/h1,5,11-27H,2-3H3. The molecule has 1 aromatic heterocycles. The van der Waals surface area contributed by atoms with E-state index >= 15 is 0 Å². The monoisotopic (exact) mass is 571 g/mol. The fourth-order valence-electron chi connectivity index (χ4n) is 4.32. The minimum Gasteiger partial charge on any atom is -0.407 e. The van der Waals surface area contributed by atoms with Crippen molar-refractivity contribution in [2.45, 2.75) is 13.8 Å². The van der Waals surface area contributed by atoms with Crippen LogP contribution in [0.4, 0.5) is 17.1 Å². The van der Waals surface area contributed by atoms with Crippen LogP contribution in [0.2, 0.25) is 0 Å². The molecular formula is C38H25N3OS. The molecule has 204 valence electrons. The van der Waals surface area contributed by atoms with Gasteiger partial charge in [0.05, 0.1) is 11.7 Å². The molecule has 43 heavy (non-hydrogen) atoms. The number of fused-ring (bicyclic) bond motifs is 1. The lowest BCUT2D eigenvalue weighted by molar-refractivity contribution is 0.520. The van der Waals surface area contributed by atoms with Gasteiger partial charge in [0, 0.05) is 46.0 Å². The van der Waals surface area contributed by atoms with E-state index in [1.54, 1.807) is 0 Å². The second-order valence-electron chi connectivity index (χ2n) is 9.27. The number of aromatic nitrogens is 2. The molecule has 0 saturated heterocycles. The molecule has 0 fully saturated rings. The molecule has 0 radical (unpaired) electrons. The Bertz CT molecular complexity index is 2030. The molecule has 0 unspecified atom stereocenters. The zero-order chi connectivity index (χ0) is 29.9. The van der Waals surface area contributed by atoms with E-state index in [0.717, 1.165) is 44.8 Å². The summed E-state index contributed by atoms with van der Waals surface area (Å²) in [5.74, 6) is 15.4. The van der Waals surface area contributed by atoms with Gasteiger partial charge in [-0.2, -0.15) is 8.75 Å². The minimum absolute atomic E-state index is 0.611. The maximum Gasteiger partial charge on any atom is 0.140 e. The van der Waals surface area contributed by atoms with Crippen LogP contribution in [0.5, 0.6) is 5.75 Å². The van der Waals surface area contributed by atoms with Crippen molar-refractivity contribution in [2.75, 3.05) is 4.90 Å². The first-order valence-electron chi connectivity index (χ1n) is 13.4. The molecule has 4 nitrogen and oxygen atoms in total. The number of nitrogens with zero attached hydrogens (tertiary/aromatic N) is 3. The number of hydrogen-bond acceptors (Lipinski definition) is 5.